The number of fused-ring (bicyclic) bond motifs is 1. The smallest absolute Gasteiger partial charge is 0.120 e. The van der Waals surface area contributed by atoms with Gasteiger partial charge in [0.05, 0.1) is 15.7 Å². The predicted molar refractivity (Wildman–Crippen MR) is 66.1 cm³/mol. The number of thiazole rings is 1. The van der Waals surface area contributed by atoms with Gasteiger partial charge in [-0.3, -0.25) is 0 Å². The Balaban J connectivity index is 1.68. The molecule has 3 nitrogen and oxygen atoms in total. The van der Waals surface area contributed by atoms with Gasteiger partial charge in [-0.15, -0.1) is 11.3 Å². The number of nitrogens with zero attached hydrogens (tertiary/aromatic N) is 1. The van der Waals surface area contributed by atoms with Crippen molar-refractivity contribution < 1.29 is 4.74 Å². The van der Waals surface area contributed by atoms with Crippen molar-refractivity contribution in [3.63, 3.8) is 0 Å². The van der Waals surface area contributed by atoms with Crippen LogP contribution < -0.4 is 10.1 Å². The second-order valence-corrected chi connectivity index (χ2v) is 4.97. The van der Waals surface area contributed by atoms with Crippen LogP contribution in [0, 0.1) is 0 Å². The van der Waals surface area contributed by atoms with Crippen molar-refractivity contribution in [3.05, 3.63) is 23.7 Å². The fraction of sp³-hybridized carbons (Fsp3) is 0.417. The molecule has 0 spiro atoms. The van der Waals surface area contributed by atoms with Gasteiger partial charge in [0.25, 0.3) is 0 Å². The summed E-state index contributed by atoms with van der Waals surface area (Å²) in [5.74, 6) is 0.949. The Labute approximate surface area is 98.5 Å². The summed E-state index contributed by atoms with van der Waals surface area (Å²) in [6, 6.07) is 6.61. The summed E-state index contributed by atoms with van der Waals surface area (Å²) in [6.07, 6.45) is 2.49. The average molecular weight is 234 g/mol. The van der Waals surface area contributed by atoms with Crippen LogP contribution in [-0.2, 0) is 0 Å². The molecule has 16 heavy (non-hydrogen) atoms. The van der Waals surface area contributed by atoms with Gasteiger partial charge in [0.15, 0.2) is 0 Å². The standard InChI is InChI=1S/C12H14N2OS/c1-2-9(13-5-1)7-15-10-3-4-11-12(6-10)16-8-14-11/h3-4,6,8-9,13H,1-2,5,7H2. The van der Waals surface area contributed by atoms with E-state index in [2.05, 4.69) is 16.4 Å². The largest absolute Gasteiger partial charge is 0.492 e. The van der Waals surface area contributed by atoms with E-state index in [1.165, 1.54) is 17.5 Å². The van der Waals surface area contributed by atoms with E-state index in [0.29, 0.717) is 6.04 Å². The minimum Gasteiger partial charge on any atom is -0.492 e. The number of ether oxygens (including phenoxy) is 1. The lowest BCUT2D eigenvalue weighted by atomic mass is 10.2. The zero-order chi connectivity index (χ0) is 10.8. The second kappa shape index (κ2) is 4.39. The first kappa shape index (κ1) is 10.1. The first-order valence-electron chi connectivity index (χ1n) is 5.61. The second-order valence-electron chi connectivity index (χ2n) is 4.09. The molecule has 1 fully saturated rings. The molecule has 1 aliphatic rings. The molecule has 0 amide bonds. The van der Waals surface area contributed by atoms with E-state index in [0.717, 1.165) is 24.4 Å². The van der Waals surface area contributed by atoms with Crippen molar-refractivity contribution in [2.75, 3.05) is 13.2 Å². The fourth-order valence-corrected chi connectivity index (χ4v) is 2.73. The first-order valence-corrected chi connectivity index (χ1v) is 6.49. The molecule has 84 valence electrons. The number of aromatic nitrogens is 1. The van der Waals surface area contributed by atoms with Crippen LogP contribution in [0.15, 0.2) is 23.7 Å². The van der Waals surface area contributed by atoms with E-state index in [1.54, 1.807) is 11.3 Å². The van der Waals surface area contributed by atoms with E-state index < -0.39 is 0 Å². The van der Waals surface area contributed by atoms with Gasteiger partial charge >= 0.3 is 0 Å². The fourth-order valence-electron chi connectivity index (χ4n) is 2.02. The minimum absolute atomic E-state index is 0.525. The number of hydrogen-bond donors (Lipinski definition) is 1. The maximum Gasteiger partial charge on any atom is 0.120 e. The summed E-state index contributed by atoms with van der Waals surface area (Å²) >= 11 is 1.65. The number of rotatable bonds is 3. The molecule has 0 aliphatic carbocycles. The van der Waals surface area contributed by atoms with Crippen LogP contribution in [0.4, 0.5) is 0 Å². The first-order chi connectivity index (χ1) is 7.92. The lowest BCUT2D eigenvalue weighted by Gasteiger charge is -2.11. The maximum atomic E-state index is 5.78. The van der Waals surface area contributed by atoms with Gasteiger partial charge in [-0.2, -0.15) is 0 Å². The van der Waals surface area contributed by atoms with Crippen LogP contribution in [-0.4, -0.2) is 24.2 Å². The highest BCUT2D eigenvalue weighted by Crippen LogP contribution is 2.23. The Hall–Kier alpha value is -1.13. The quantitative estimate of drug-likeness (QED) is 0.885. The predicted octanol–water partition coefficient (Wildman–Crippen LogP) is 2.43. The van der Waals surface area contributed by atoms with Crippen LogP contribution in [0.5, 0.6) is 5.75 Å². The van der Waals surface area contributed by atoms with Gasteiger partial charge in [-0.1, -0.05) is 0 Å². The van der Waals surface area contributed by atoms with Crippen LogP contribution in [0.1, 0.15) is 12.8 Å². The monoisotopic (exact) mass is 234 g/mol. The zero-order valence-corrected chi connectivity index (χ0v) is 9.80. The van der Waals surface area contributed by atoms with Gasteiger partial charge in [-0.05, 0) is 37.6 Å². The maximum absolute atomic E-state index is 5.78. The third-order valence-electron chi connectivity index (χ3n) is 2.92. The molecule has 1 unspecified atom stereocenters. The van der Waals surface area contributed by atoms with E-state index in [-0.39, 0.29) is 0 Å². The highest BCUT2D eigenvalue weighted by atomic mass is 32.1. The van der Waals surface area contributed by atoms with Crippen LogP contribution in [0.25, 0.3) is 10.2 Å². The molecule has 1 aromatic heterocycles. The van der Waals surface area contributed by atoms with Crippen molar-refractivity contribution in [1.29, 1.82) is 0 Å². The molecule has 1 saturated heterocycles. The Morgan fingerprint density at radius 1 is 1.50 bits per heavy atom. The molecule has 1 aromatic carbocycles. The number of benzene rings is 1. The van der Waals surface area contributed by atoms with Crippen molar-refractivity contribution in [2.24, 2.45) is 0 Å². The zero-order valence-electron chi connectivity index (χ0n) is 8.98. The molecule has 3 rings (SSSR count). The van der Waals surface area contributed by atoms with Gasteiger partial charge in [0.1, 0.15) is 12.4 Å². The highest BCUT2D eigenvalue weighted by molar-refractivity contribution is 7.16. The summed E-state index contributed by atoms with van der Waals surface area (Å²) in [5.41, 5.74) is 2.92. The molecule has 1 aliphatic heterocycles. The highest BCUT2D eigenvalue weighted by Gasteiger charge is 2.14. The molecule has 4 heteroatoms. The molecule has 2 heterocycles. The molecule has 0 radical (unpaired) electrons. The molecule has 1 N–H and O–H groups in total. The Morgan fingerprint density at radius 2 is 2.50 bits per heavy atom. The van der Waals surface area contributed by atoms with E-state index in [1.807, 2.05) is 17.6 Å². The van der Waals surface area contributed by atoms with Gasteiger partial charge in [-0.25, -0.2) is 4.98 Å². The van der Waals surface area contributed by atoms with Gasteiger partial charge < -0.3 is 10.1 Å². The average Bonchev–Trinajstić information content (AvgIpc) is 2.97. The summed E-state index contributed by atoms with van der Waals surface area (Å²) in [4.78, 5) is 4.25. The third kappa shape index (κ3) is 2.03. The van der Waals surface area contributed by atoms with Gasteiger partial charge in [0, 0.05) is 6.04 Å². The van der Waals surface area contributed by atoms with E-state index >= 15 is 0 Å². The van der Waals surface area contributed by atoms with Crippen LogP contribution in [0.3, 0.4) is 0 Å². The number of hydrogen-bond acceptors (Lipinski definition) is 4. The summed E-state index contributed by atoms with van der Waals surface area (Å²) in [7, 11) is 0. The summed E-state index contributed by atoms with van der Waals surface area (Å²) in [5, 5.41) is 3.42. The van der Waals surface area contributed by atoms with Crippen molar-refractivity contribution in [1.82, 2.24) is 10.3 Å². The number of nitrogens with one attached hydrogen (secondary N) is 1. The van der Waals surface area contributed by atoms with Crippen LogP contribution >= 0.6 is 11.3 Å². The lowest BCUT2D eigenvalue weighted by molar-refractivity contribution is 0.277. The SMILES string of the molecule is c1nc2ccc(OCC3CCCN3)cc2s1. The molecular formula is C12H14N2OS. The summed E-state index contributed by atoms with van der Waals surface area (Å²) in [6.45, 7) is 1.90. The Bertz CT molecular complexity index is 477. The summed E-state index contributed by atoms with van der Waals surface area (Å²) < 4.78 is 6.98. The lowest BCUT2D eigenvalue weighted by Crippen LogP contribution is -2.28. The van der Waals surface area contributed by atoms with Crippen molar-refractivity contribution in [2.45, 2.75) is 18.9 Å². The van der Waals surface area contributed by atoms with Gasteiger partial charge in [0.2, 0.25) is 0 Å². The molecule has 2 aromatic rings. The Kier molecular flexibility index (Phi) is 2.76. The van der Waals surface area contributed by atoms with Crippen LogP contribution in [0.2, 0.25) is 0 Å². The van der Waals surface area contributed by atoms with E-state index in [4.69, 9.17) is 4.74 Å². The van der Waals surface area contributed by atoms with E-state index in [9.17, 15) is 0 Å². The Morgan fingerprint density at radius 3 is 3.38 bits per heavy atom. The van der Waals surface area contributed by atoms with Crippen molar-refractivity contribution >= 4 is 21.6 Å². The molecular weight excluding hydrogens is 220 g/mol. The minimum atomic E-state index is 0.525. The van der Waals surface area contributed by atoms with Crippen molar-refractivity contribution in [3.8, 4) is 5.75 Å². The molecule has 0 saturated carbocycles. The topological polar surface area (TPSA) is 34.1 Å². The molecule has 0 bridgehead atoms. The normalized spacial score (nSPS) is 20.4. The molecule has 1 atom stereocenters. The third-order valence-corrected chi connectivity index (χ3v) is 3.71.